The Morgan fingerprint density at radius 3 is 2.08 bits per heavy atom. The van der Waals surface area contributed by atoms with Crippen LogP contribution in [-0.4, -0.2) is 76.8 Å². The first-order chi connectivity index (χ1) is 11.6. The highest BCUT2D eigenvalue weighted by Crippen LogP contribution is 1.95. The molecular formula is C12H21N5O7S. The summed E-state index contributed by atoms with van der Waals surface area (Å²) in [4.78, 5) is 56.9. The highest BCUT2D eigenvalue weighted by molar-refractivity contribution is 7.80. The molecular weight excluding hydrogens is 358 g/mol. The minimum Gasteiger partial charge on any atom is -0.480 e. The lowest BCUT2D eigenvalue weighted by Crippen LogP contribution is -2.55. The number of amides is 4. The third-order valence-electron chi connectivity index (χ3n) is 2.81. The standard InChI is InChI=1S/C12H21N5O7S/c13-5(4-25)10(21)17-6(1-8(14)19)11(22)15-2-9(20)16-7(3-18)12(23)24/h5-7,18,25H,1-4,13H2,(H2,14,19)(H,15,22)(H,16,20)(H,17,21)(H,23,24). The number of carbonyl (C=O) groups is 5. The van der Waals surface area contributed by atoms with Crippen LogP contribution in [0, 0.1) is 0 Å². The summed E-state index contributed by atoms with van der Waals surface area (Å²) < 4.78 is 0. The van der Waals surface area contributed by atoms with Gasteiger partial charge in [0.15, 0.2) is 0 Å². The smallest absolute Gasteiger partial charge is 0.328 e. The topological polar surface area (TPSA) is 214 Å². The molecule has 0 fully saturated rings. The first-order valence-electron chi connectivity index (χ1n) is 6.98. The average Bonchev–Trinajstić information content (AvgIpc) is 2.55. The quantitative estimate of drug-likeness (QED) is 0.163. The molecule has 4 amide bonds. The molecule has 12 nitrogen and oxygen atoms in total. The van der Waals surface area contributed by atoms with Gasteiger partial charge < -0.3 is 37.6 Å². The van der Waals surface area contributed by atoms with Gasteiger partial charge in [0.05, 0.1) is 25.6 Å². The largest absolute Gasteiger partial charge is 0.480 e. The highest BCUT2D eigenvalue weighted by atomic mass is 32.1. The van der Waals surface area contributed by atoms with Crippen LogP contribution in [0.25, 0.3) is 0 Å². The molecule has 25 heavy (non-hydrogen) atoms. The van der Waals surface area contributed by atoms with Gasteiger partial charge in [-0.3, -0.25) is 19.2 Å². The highest BCUT2D eigenvalue weighted by Gasteiger charge is 2.26. The molecule has 3 atom stereocenters. The second kappa shape index (κ2) is 11.2. The second-order valence-electron chi connectivity index (χ2n) is 4.88. The van der Waals surface area contributed by atoms with Crippen LogP contribution < -0.4 is 27.4 Å². The Labute approximate surface area is 148 Å². The number of aliphatic hydroxyl groups excluding tert-OH is 1. The summed E-state index contributed by atoms with van der Waals surface area (Å²) in [6, 6.07) is -3.91. The van der Waals surface area contributed by atoms with Crippen LogP contribution in [0.1, 0.15) is 6.42 Å². The predicted molar refractivity (Wildman–Crippen MR) is 87.2 cm³/mol. The number of hydrogen-bond acceptors (Lipinski definition) is 8. The lowest BCUT2D eigenvalue weighted by atomic mass is 10.1. The van der Waals surface area contributed by atoms with E-state index in [0.717, 1.165) is 0 Å². The Kier molecular flexibility index (Phi) is 10.2. The van der Waals surface area contributed by atoms with Gasteiger partial charge in [-0.15, -0.1) is 0 Å². The zero-order chi connectivity index (χ0) is 19.6. The van der Waals surface area contributed by atoms with Gasteiger partial charge in [0.25, 0.3) is 0 Å². The van der Waals surface area contributed by atoms with E-state index in [1.807, 2.05) is 5.32 Å². The monoisotopic (exact) mass is 379 g/mol. The van der Waals surface area contributed by atoms with Crippen molar-refractivity contribution in [1.82, 2.24) is 16.0 Å². The van der Waals surface area contributed by atoms with E-state index in [1.165, 1.54) is 0 Å². The molecule has 0 aromatic rings. The SMILES string of the molecule is NC(=O)CC(NC(=O)C(N)CS)C(=O)NCC(=O)NC(CO)C(=O)O. The van der Waals surface area contributed by atoms with Crippen LogP contribution in [0.5, 0.6) is 0 Å². The number of hydrogen-bond donors (Lipinski definition) is 8. The minimum absolute atomic E-state index is 0.00309. The summed E-state index contributed by atoms with van der Waals surface area (Å²) in [6.45, 7) is -1.48. The average molecular weight is 379 g/mol. The first kappa shape index (κ1) is 22.6. The predicted octanol–water partition coefficient (Wildman–Crippen LogP) is -4.72. The second-order valence-corrected chi connectivity index (χ2v) is 5.24. The first-order valence-corrected chi connectivity index (χ1v) is 7.61. The van der Waals surface area contributed by atoms with Gasteiger partial charge in [0.1, 0.15) is 12.1 Å². The van der Waals surface area contributed by atoms with Gasteiger partial charge in [-0.25, -0.2) is 4.79 Å². The molecule has 0 aliphatic rings. The van der Waals surface area contributed by atoms with Gasteiger partial charge >= 0.3 is 5.97 Å². The van der Waals surface area contributed by atoms with Gasteiger partial charge in [-0.2, -0.15) is 12.6 Å². The van der Waals surface area contributed by atoms with Crippen LogP contribution >= 0.6 is 12.6 Å². The molecule has 0 saturated heterocycles. The Morgan fingerprint density at radius 2 is 1.64 bits per heavy atom. The van der Waals surface area contributed by atoms with Crippen molar-refractivity contribution in [2.24, 2.45) is 11.5 Å². The maximum atomic E-state index is 12.0. The molecule has 9 N–H and O–H groups in total. The van der Waals surface area contributed by atoms with Crippen LogP contribution in [-0.2, 0) is 24.0 Å². The number of aliphatic hydroxyl groups is 1. The lowest BCUT2D eigenvalue weighted by molar-refractivity contribution is -0.143. The normalized spacial score (nSPS) is 13.9. The van der Waals surface area contributed by atoms with Crippen molar-refractivity contribution >= 4 is 42.2 Å². The third kappa shape index (κ3) is 8.88. The number of rotatable bonds is 11. The zero-order valence-electron chi connectivity index (χ0n) is 13.1. The van der Waals surface area contributed by atoms with E-state index in [-0.39, 0.29) is 5.75 Å². The number of primary amides is 1. The molecule has 0 aromatic heterocycles. The van der Waals surface area contributed by atoms with Crippen molar-refractivity contribution in [2.75, 3.05) is 18.9 Å². The van der Waals surface area contributed by atoms with E-state index in [4.69, 9.17) is 21.7 Å². The molecule has 0 aliphatic heterocycles. The maximum absolute atomic E-state index is 12.0. The minimum atomic E-state index is -1.53. The van der Waals surface area contributed by atoms with Gasteiger partial charge in [-0.05, 0) is 0 Å². The Balaban J connectivity index is 4.71. The Morgan fingerprint density at radius 1 is 1.04 bits per heavy atom. The van der Waals surface area contributed by atoms with Crippen molar-refractivity contribution in [3.8, 4) is 0 Å². The molecule has 0 spiro atoms. The zero-order valence-corrected chi connectivity index (χ0v) is 14.0. The van der Waals surface area contributed by atoms with Crippen LogP contribution in [0.15, 0.2) is 0 Å². The van der Waals surface area contributed by atoms with Crippen molar-refractivity contribution in [3.05, 3.63) is 0 Å². The molecule has 0 radical (unpaired) electrons. The Hall–Kier alpha value is -2.38. The number of thiol groups is 1. The molecule has 0 aromatic carbocycles. The number of carboxylic acid groups (broad SMARTS) is 1. The van der Waals surface area contributed by atoms with Crippen molar-refractivity contribution < 1.29 is 34.2 Å². The molecule has 0 bridgehead atoms. The molecule has 0 aliphatic carbocycles. The van der Waals surface area contributed by atoms with Crippen molar-refractivity contribution in [1.29, 1.82) is 0 Å². The maximum Gasteiger partial charge on any atom is 0.328 e. The summed E-state index contributed by atoms with van der Waals surface area (Å²) in [5.41, 5.74) is 10.4. The third-order valence-corrected chi connectivity index (χ3v) is 3.20. The van der Waals surface area contributed by atoms with E-state index in [1.54, 1.807) is 0 Å². The summed E-state index contributed by atoms with van der Waals surface area (Å²) in [5.74, 6) is -4.88. The van der Waals surface area contributed by atoms with Gasteiger partial charge in [-0.1, -0.05) is 0 Å². The van der Waals surface area contributed by atoms with Crippen molar-refractivity contribution in [3.63, 3.8) is 0 Å². The Bertz CT molecular complexity index is 530. The van der Waals surface area contributed by atoms with Gasteiger partial charge in [0, 0.05) is 5.75 Å². The number of nitrogens with one attached hydrogen (secondary N) is 3. The van der Waals surface area contributed by atoms with Crippen molar-refractivity contribution in [2.45, 2.75) is 24.5 Å². The number of carbonyl (C=O) groups excluding carboxylic acids is 4. The number of aliphatic carboxylic acids is 1. The van der Waals surface area contributed by atoms with E-state index >= 15 is 0 Å². The molecule has 0 heterocycles. The number of nitrogens with two attached hydrogens (primary N) is 2. The molecule has 142 valence electrons. The molecule has 3 unspecified atom stereocenters. The lowest BCUT2D eigenvalue weighted by Gasteiger charge is -2.19. The van der Waals surface area contributed by atoms with E-state index < -0.39 is 67.3 Å². The fraction of sp³-hybridized carbons (Fsp3) is 0.583. The fourth-order valence-corrected chi connectivity index (χ4v) is 1.66. The summed E-state index contributed by atoms with van der Waals surface area (Å²) in [6.07, 6.45) is -0.535. The van der Waals surface area contributed by atoms with Gasteiger partial charge in [0.2, 0.25) is 23.6 Å². The van der Waals surface area contributed by atoms with Crippen LogP contribution in [0.2, 0.25) is 0 Å². The summed E-state index contributed by atoms with van der Waals surface area (Å²) in [5, 5.41) is 23.7. The number of carboxylic acids is 1. The van der Waals surface area contributed by atoms with E-state index in [9.17, 15) is 24.0 Å². The van der Waals surface area contributed by atoms with Crippen LogP contribution in [0.3, 0.4) is 0 Å². The van der Waals surface area contributed by atoms with E-state index in [2.05, 4.69) is 23.3 Å². The summed E-state index contributed by atoms with van der Waals surface area (Å²) in [7, 11) is 0. The molecule has 13 heteroatoms. The fourth-order valence-electron chi connectivity index (χ4n) is 1.49. The molecule has 0 rings (SSSR count). The van der Waals surface area contributed by atoms with E-state index in [0.29, 0.717) is 0 Å². The summed E-state index contributed by atoms with van der Waals surface area (Å²) >= 11 is 3.83. The van der Waals surface area contributed by atoms with Crippen LogP contribution in [0.4, 0.5) is 0 Å². The molecule has 0 saturated carbocycles.